The largest absolute Gasteiger partial charge is 0.381 e. The van der Waals surface area contributed by atoms with Crippen molar-refractivity contribution < 1.29 is 4.74 Å². The van der Waals surface area contributed by atoms with E-state index in [9.17, 15) is 0 Å². The Morgan fingerprint density at radius 2 is 2.22 bits per heavy atom. The van der Waals surface area contributed by atoms with Crippen LogP contribution in [0.25, 0.3) is 0 Å². The number of hydrogen-bond donors (Lipinski definition) is 1. The lowest BCUT2D eigenvalue weighted by Gasteiger charge is -2.13. The zero-order valence-electron chi connectivity index (χ0n) is 11.3. The highest BCUT2D eigenvalue weighted by atomic mass is 32.2. The summed E-state index contributed by atoms with van der Waals surface area (Å²) in [6, 6.07) is 9.23. The normalized spacial score (nSPS) is 18.3. The van der Waals surface area contributed by atoms with Crippen molar-refractivity contribution in [3.63, 3.8) is 0 Å². The zero-order chi connectivity index (χ0) is 12.8. The van der Waals surface area contributed by atoms with Crippen LogP contribution in [0, 0.1) is 5.92 Å². The van der Waals surface area contributed by atoms with Crippen molar-refractivity contribution >= 4 is 11.8 Å². The Hall–Kier alpha value is -0.510. The monoisotopic (exact) mass is 265 g/mol. The molecule has 1 N–H and O–H groups in total. The van der Waals surface area contributed by atoms with Gasteiger partial charge in [0.05, 0.1) is 0 Å². The Morgan fingerprint density at radius 1 is 1.39 bits per heavy atom. The molecule has 2 rings (SSSR count). The number of benzene rings is 1. The van der Waals surface area contributed by atoms with Crippen LogP contribution in [0.4, 0.5) is 0 Å². The van der Waals surface area contributed by atoms with E-state index in [-0.39, 0.29) is 0 Å². The smallest absolute Gasteiger partial charge is 0.0489 e. The van der Waals surface area contributed by atoms with E-state index in [1.807, 2.05) is 11.8 Å². The minimum atomic E-state index is 0.524. The van der Waals surface area contributed by atoms with Crippen LogP contribution < -0.4 is 5.32 Å². The maximum atomic E-state index is 5.58. The van der Waals surface area contributed by atoms with Crippen LogP contribution in [0.3, 0.4) is 0 Å². The highest BCUT2D eigenvalue weighted by molar-refractivity contribution is 7.99. The lowest BCUT2D eigenvalue weighted by atomic mass is 10.1. The summed E-state index contributed by atoms with van der Waals surface area (Å²) in [5, 5.41) is 3.63. The van der Waals surface area contributed by atoms with Gasteiger partial charge < -0.3 is 10.1 Å². The van der Waals surface area contributed by atoms with Gasteiger partial charge in [0.1, 0.15) is 0 Å². The Balaban J connectivity index is 1.64. The fourth-order valence-electron chi connectivity index (χ4n) is 2.10. The second-order valence-electron chi connectivity index (χ2n) is 5.18. The van der Waals surface area contributed by atoms with Crippen LogP contribution in [-0.4, -0.2) is 25.5 Å². The Labute approximate surface area is 114 Å². The number of thioether (sulfide) groups is 1. The second kappa shape index (κ2) is 7.17. The molecule has 0 spiro atoms. The molecule has 1 aliphatic heterocycles. The summed E-state index contributed by atoms with van der Waals surface area (Å²) in [7, 11) is 0. The van der Waals surface area contributed by atoms with Gasteiger partial charge in [0.25, 0.3) is 0 Å². The third kappa shape index (κ3) is 4.01. The molecule has 0 fully saturated rings. The number of fused-ring (bicyclic) bond motifs is 1. The van der Waals surface area contributed by atoms with Crippen LogP contribution in [0.5, 0.6) is 0 Å². The second-order valence-corrected chi connectivity index (χ2v) is 6.24. The first-order chi connectivity index (χ1) is 8.77. The Kier molecular flexibility index (Phi) is 5.54. The van der Waals surface area contributed by atoms with Crippen LogP contribution in [-0.2, 0) is 4.74 Å². The molecule has 1 aromatic rings. The van der Waals surface area contributed by atoms with Crippen molar-refractivity contribution in [2.24, 2.45) is 5.92 Å². The molecule has 3 heteroatoms. The van der Waals surface area contributed by atoms with E-state index in [1.165, 1.54) is 10.5 Å². The summed E-state index contributed by atoms with van der Waals surface area (Å²) in [6.07, 6.45) is 1.09. The van der Waals surface area contributed by atoms with Gasteiger partial charge in [0, 0.05) is 29.9 Å². The standard InChI is InChI=1S/C15H23NOS/c1-12(2)10-17-9-5-8-16-14-11-18-15-7-4-3-6-13(14)15/h3-4,6-7,12,14,16H,5,8-11H2,1-2H3. The van der Waals surface area contributed by atoms with Gasteiger partial charge in [-0.3, -0.25) is 0 Å². The molecule has 0 saturated carbocycles. The van der Waals surface area contributed by atoms with Crippen molar-refractivity contribution in [3.8, 4) is 0 Å². The van der Waals surface area contributed by atoms with Crippen LogP contribution >= 0.6 is 11.8 Å². The molecule has 1 unspecified atom stereocenters. The average molecular weight is 265 g/mol. The highest BCUT2D eigenvalue weighted by Crippen LogP contribution is 2.37. The Morgan fingerprint density at radius 3 is 3.06 bits per heavy atom. The predicted molar refractivity (Wildman–Crippen MR) is 78.2 cm³/mol. The minimum Gasteiger partial charge on any atom is -0.381 e. The van der Waals surface area contributed by atoms with Gasteiger partial charge in [-0.2, -0.15) is 0 Å². The van der Waals surface area contributed by atoms with E-state index in [2.05, 4.69) is 43.4 Å². The van der Waals surface area contributed by atoms with Gasteiger partial charge in [-0.05, 0) is 30.5 Å². The quantitative estimate of drug-likeness (QED) is 0.763. The lowest BCUT2D eigenvalue weighted by molar-refractivity contribution is 0.107. The molecule has 1 aliphatic rings. The molecule has 0 amide bonds. The third-order valence-corrected chi connectivity index (χ3v) is 4.19. The van der Waals surface area contributed by atoms with Gasteiger partial charge in [-0.1, -0.05) is 32.0 Å². The maximum absolute atomic E-state index is 5.58. The van der Waals surface area contributed by atoms with E-state index < -0.39 is 0 Å². The molecule has 1 atom stereocenters. The molecule has 0 radical (unpaired) electrons. The van der Waals surface area contributed by atoms with E-state index >= 15 is 0 Å². The first kappa shape index (κ1) is 13.9. The number of ether oxygens (including phenoxy) is 1. The van der Waals surface area contributed by atoms with Gasteiger partial charge in [0.15, 0.2) is 0 Å². The molecule has 18 heavy (non-hydrogen) atoms. The third-order valence-electron chi connectivity index (χ3n) is 3.01. The molecular formula is C15H23NOS. The summed E-state index contributed by atoms with van der Waals surface area (Å²) in [5.74, 6) is 1.79. The molecular weight excluding hydrogens is 242 g/mol. The van der Waals surface area contributed by atoms with Crippen molar-refractivity contribution in [2.45, 2.75) is 31.2 Å². The lowest BCUT2D eigenvalue weighted by Crippen LogP contribution is -2.23. The molecule has 100 valence electrons. The molecule has 0 aromatic heterocycles. The van der Waals surface area contributed by atoms with Crippen LogP contribution in [0.15, 0.2) is 29.2 Å². The number of nitrogens with one attached hydrogen (secondary N) is 1. The fraction of sp³-hybridized carbons (Fsp3) is 0.600. The fourth-order valence-corrected chi connectivity index (χ4v) is 3.30. The highest BCUT2D eigenvalue weighted by Gasteiger charge is 2.21. The predicted octanol–water partition coefficient (Wildman–Crippen LogP) is 3.49. The van der Waals surface area contributed by atoms with Gasteiger partial charge in [-0.15, -0.1) is 11.8 Å². The van der Waals surface area contributed by atoms with Gasteiger partial charge in [-0.25, -0.2) is 0 Å². The number of rotatable bonds is 7. The van der Waals surface area contributed by atoms with Gasteiger partial charge >= 0.3 is 0 Å². The average Bonchev–Trinajstić information content (AvgIpc) is 2.77. The van der Waals surface area contributed by atoms with Crippen LogP contribution in [0.1, 0.15) is 31.9 Å². The first-order valence-electron chi connectivity index (χ1n) is 6.80. The molecule has 0 aliphatic carbocycles. The molecule has 1 heterocycles. The summed E-state index contributed by atoms with van der Waals surface area (Å²) >= 11 is 1.95. The summed E-state index contributed by atoms with van der Waals surface area (Å²) < 4.78 is 5.58. The Bertz CT molecular complexity index is 367. The van der Waals surface area contributed by atoms with Crippen molar-refractivity contribution in [2.75, 3.05) is 25.5 Å². The summed E-state index contributed by atoms with van der Waals surface area (Å²) in [4.78, 5) is 1.44. The van der Waals surface area contributed by atoms with E-state index in [1.54, 1.807) is 0 Å². The zero-order valence-corrected chi connectivity index (χ0v) is 12.1. The van der Waals surface area contributed by atoms with Crippen molar-refractivity contribution in [1.82, 2.24) is 5.32 Å². The van der Waals surface area contributed by atoms with E-state index in [0.717, 1.165) is 31.9 Å². The number of hydrogen-bond acceptors (Lipinski definition) is 3. The summed E-state index contributed by atoms with van der Waals surface area (Å²) in [5.41, 5.74) is 1.46. The maximum Gasteiger partial charge on any atom is 0.0489 e. The molecule has 0 saturated heterocycles. The molecule has 0 bridgehead atoms. The van der Waals surface area contributed by atoms with Crippen molar-refractivity contribution in [1.29, 1.82) is 0 Å². The van der Waals surface area contributed by atoms with E-state index in [4.69, 9.17) is 4.74 Å². The van der Waals surface area contributed by atoms with Crippen LogP contribution in [0.2, 0.25) is 0 Å². The van der Waals surface area contributed by atoms with E-state index in [0.29, 0.717) is 12.0 Å². The summed E-state index contributed by atoms with van der Waals surface area (Å²) in [6.45, 7) is 7.16. The van der Waals surface area contributed by atoms with Crippen molar-refractivity contribution in [3.05, 3.63) is 29.8 Å². The topological polar surface area (TPSA) is 21.3 Å². The van der Waals surface area contributed by atoms with Gasteiger partial charge in [0.2, 0.25) is 0 Å². The molecule has 1 aromatic carbocycles. The molecule has 2 nitrogen and oxygen atoms in total. The minimum absolute atomic E-state index is 0.524. The SMILES string of the molecule is CC(C)COCCCNC1CSc2ccccc21. The first-order valence-corrected chi connectivity index (χ1v) is 7.79.